The average Bonchev–Trinajstić information content (AvgIpc) is 2.31. The van der Waals surface area contributed by atoms with Crippen LogP contribution in [0.1, 0.15) is 19.4 Å². The molecule has 0 aromatic heterocycles. The SMILES string of the molecule is CCN(CC)CCNc1cc(C)c(F)cc1N. The summed E-state index contributed by atoms with van der Waals surface area (Å²) in [5.74, 6) is -0.253. The smallest absolute Gasteiger partial charge is 0.128 e. The second-order valence-electron chi connectivity index (χ2n) is 4.14. The Morgan fingerprint density at radius 2 is 1.94 bits per heavy atom. The maximum Gasteiger partial charge on any atom is 0.128 e. The maximum absolute atomic E-state index is 13.2. The Bertz CT molecular complexity index is 362. The zero-order valence-corrected chi connectivity index (χ0v) is 10.9. The molecule has 0 saturated carbocycles. The molecule has 0 unspecified atom stereocenters. The molecule has 0 amide bonds. The lowest BCUT2D eigenvalue weighted by molar-refractivity contribution is 0.316. The fraction of sp³-hybridized carbons (Fsp3) is 0.538. The van der Waals surface area contributed by atoms with E-state index in [-0.39, 0.29) is 5.82 Å². The van der Waals surface area contributed by atoms with Crippen LogP contribution in [0.2, 0.25) is 0 Å². The molecule has 3 nitrogen and oxygen atoms in total. The van der Waals surface area contributed by atoms with Crippen LogP contribution in [0.15, 0.2) is 12.1 Å². The first-order chi connectivity index (χ1) is 8.08. The van der Waals surface area contributed by atoms with Crippen LogP contribution >= 0.6 is 0 Å². The van der Waals surface area contributed by atoms with Crippen LogP contribution in [0.4, 0.5) is 15.8 Å². The monoisotopic (exact) mass is 239 g/mol. The Kier molecular flexibility index (Phi) is 5.22. The van der Waals surface area contributed by atoms with E-state index in [0.29, 0.717) is 11.3 Å². The number of benzene rings is 1. The van der Waals surface area contributed by atoms with Crippen molar-refractivity contribution >= 4 is 11.4 Å². The maximum atomic E-state index is 13.2. The van der Waals surface area contributed by atoms with E-state index in [1.807, 2.05) is 0 Å². The molecule has 0 spiro atoms. The molecular weight excluding hydrogens is 217 g/mol. The number of nitrogens with two attached hydrogens (primary N) is 1. The summed E-state index contributed by atoms with van der Waals surface area (Å²) in [6.45, 7) is 9.87. The van der Waals surface area contributed by atoms with Gasteiger partial charge in [-0.2, -0.15) is 0 Å². The lowest BCUT2D eigenvalue weighted by atomic mass is 10.2. The molecule has 17 heavy (non-hydrogen) atoms. The number of hydrogen-bond donors (Lipinski definition) is 2. The molecule has 0 fully saturated rings. The van der Waals surface area contributed by atoms with Crippen LogP contribution in [0.3, 0.4) is 0 Å². The molecule has 4 heteroatoms. The van der Waals surface area contributed by atoms with Gasteiger partial charge >= 0.3 is 0 Å². The van der Waals surface area contributed by atoms with E-state index < -0.39 is 0 Å². The molecular formula is C13H22FN3. The number of anilines is 2. The minimum atomic E-state index is -0.253. The second kappa shape index (κ2) is 6.45. The van der Waals surface area contributed by atoms with E-state index in [9.17, 15) is 4.39 Å². The van der Waals surface area contributed by atoms with Gasteiger partial charge in [0.2, 0.25) is 0 Å². The van der Waals surface area contributed by atoms with Crippen molar-refractivity contribution in [1.82, 2.24) is 4.90 Å². The third-order valence-corrected chi connectivity index (χ3v) is 2.97. The van der Waals surface area contributed by atoms with Crippen molar-refractivity contribution in [2.75, 3.05) is 37.2 Å². The first-order valence-corrected chi connectivity index (χ1v) is 6.10. The minimum Gasteiger partial charge on any atom is -0.397 e. The first kappa shape index (κ1) is 13.8. The van der Waals surface area contributed by atoms with Gasteiger partial charge < -0.3 is 16.0 Å². The standard InChI is InChI=1S/C13H22FN3/c1-4-17(5-2)7-6-16-13-8-10(3)11(14)9-12(13)15/h8-9,16H,4-7,15H2,1-3H3. The quantitative estimate of drug-likeness (QED) is 0.749. The van der Waals surface area contributed by atoms with Gasteiger partial charge in [-0.3, -0.25) is 0 Å². The number of rotatable bonds is 6. The summed E-state index contributed by atoms with van der Waals surface area (Å²) >= 11 is 0. The van der Waals surface area contributed by atoms with E-state index in [4.69, 9.17) is 5.73 Å². The molecule has 1 rings (SSSR count). The van der Waals surface area contributed by atoms with Gasteiger partial charge in [0.15, 0.2) is 0 Å². The Labute approximate surface area is 103 Å². The zero-order valence-electron chi connectivity index (χ0n) is 10.9. The normalized spacial score (nSPS) is 10.9. The van der Waals surface area contributed by atoms with Gasteiger partial charge in [0.1, 0.15) is 5.82 Å². The van der Waals surface area contributed by atoms with Gasteiger partial charge in [-0.15, -0.1) is 0 Å². The van der Waals surface area contributed by atoms with Crippen LogP contribution in [0.25, 0.3) is 0 Å². The molecule has 1 aromatic rings. The van der Waals surface area contributed by atoms with E-state index in [1.54, 1.807) is 13.0 Å². The number of aryl methyl sites for hydroxylation is 1. The van der Waals surface area contributed by atoms with Gasteiger partial charge in [0.05, 0.1) is 11.4 Å². The minimum absolute atomic E-state index is 0.253. The van der Waals surface area contributed by atoms with Crippen LogP contribution < -0.4 is 11.1 Å². The Hall–Kier alpha value is -1.29. The molecule has 0 saturated heterocycles. The molecule has 0 aliphatic carbocycles. The molecule has 0 heterocycles. The topological polar surface area (TPSA) is 41.3 Å². The summed E-state index contributed by atoms with van der Waals surface area (Å²) in [4.78, 5) is 2.32. The fourth-order valence-electron chi connectivity index (χ4n) is 1.74. The zero-order chi connectivity index (χ0) is 12.8. The van der Waals surface area contributed by atoms with Crippen LogP contribution in [0, 0.1) is 12.7 Å². The third-order valence-electron chi connectivity index (χ3n) is 2.97. The number of nitrogen functional groups attached to an aromatic ring is 1. The summed E-state index contributed by atoms with van der Waals surface area (Å²) < 4.78 is 13.2. The lowest BCUT2D eigenvalue weighted by Crippen LogP contribution is -2.28. The van der Waals surface area contributed by atoms with Crippen molar-refractivity contribution in [2.24, 2.45) is 0 Å². The van der Waals surface area contributed by atoms with Crippen LogP contribution in [-0.2, 0) is 0 Å². The van der Waals surface area contributed by atoms with Crippen molar-refractivity contribution in [2.45, 2.75) is 20.8 Å². The largest absolute Gasteiger partial charge is 0.397 e. The summed E-state index contributed by atoms with van der Waals surface area (Å²) in [6.07, 6.45) is 0. The summed E-state index contributed by atoms with van der Waals surface area (Å²) in [5.41, 5.74) is 7.65. The van der Waals surface area contributed by atoms with Gasteiger partial charge in [-0.1, -0.05) is 13.8 Å². The van der Waals surface area contributed by atoms with Crippen LogP contribution in [-0.4, -0.2) is 31.1 Å². The first-order valence-electron chi connectivity index (χ1n) is 6.10. The van der Waals surface area contributed by atoms with E-state index >= 15 is 0 Å². The Morgan fingerprint density at radius 3 is 2.53 bits per heavy atom. The summed E-state index contributed by atoms with van der Waals surface area (Å²) in [6, 6.07) is 3.13. The summed E-state index contributed by atoms with van der Waals surface area (Å²) in [5, 5.41) is 3.25. The molecule has 3 N–H and O–H groups in total. The van der Waals surface area contributed by atoms with Crippen molar-refractivity contribution < 1.29 is 4.39 Å². The highest BCUT2D eigenvalue weighted by atomic mass is 19.1. The van der Waals surface area contributed by atoms with E-state index in [2.05, 4.69) is 24.1 Å². The highest BCUT2D eigenvalue weighted by molar-refractivity contribution is 5.67. The van der Waals surface area contributed by atoms with Crippen molar-refractivity contribution in [3.05, 3.63) is 23.5 Å². The highest BCUT2D eigenvalue weighted by Crippen LogP contribution is 2.22. The van der Waals surface area contributed by atoms with Gasteiger partial charge in [0, 0.05) is 13.1 Å². The number of nitrogens with one attached hydrogen (secondary N) is 1. The molecule has 0 bridgehead atoms. The van der Waals surface area contributed by atoms with Gasteiger partial charge in [-0.05, 0) is 37.7 Å². The third kappa shape index (κ3) is 3.89. The molecule has 0 atom stereocenters. The molecule has 0 aliphatic heterocycles. The molecule has 0 aliphatic rings. The average molecular weight is 239 g/mol. The number of halogens is 1. The van der Waals surface area contributed by atoms with Gasteiger partial charge in [-0.25, -0.2) is 4.39 Å². The second-order valence-corrected chi connectivity index (χ2v) is 4.14. The van der Waals surface area contributed by atoms with Crippen LogP contribution in [0.5, 0.6) is 0 Å². The molecule has 96 valence electrons. The van der Waals surface area contributed by atoms with E-state index in [1.165, 1.54) is 6.07 Å². The fourth-order valence-corrected chi connectivity index (χ4v) is 1.74. The predicted molar refractivity (Wildman–Crippen MR) is 71.8 cm³/mol. The number of likely N-dealkylation sites (N-methyl/N-ethyl adjacent to an activating group) is 1. The molecule has 1 aromatic carbocycles. The molecule has 0 radical (unpaired) electrons. The summed E-state index contributed by atoms with van der Waals surface area (Å²) in [7, 11) is 0. The van der Waals surface area contributed by atoms with E-state index in [0.717, 1.165) is 31.9 Å². The predicted octanol–water partition coefficient (Wildman–Crippen LogP) is 2.47. The number of hydrogen-bond acceptors (Lipinski definition) is 3. The van der Waals surface area contributed by atoms with Crippen molar-refractivity contribution in [3.8, 4) is 0 Å². The lowest BCUT2D eigenvalue weighted by Gasteiger charge is -2.19. The Balaban J connectivity index is 2.55. The highest BCUT2D eigenvalue weighted by Gasteiger charge is 2.05. The number of nitrogens with zero attached hydrogens (tertiary/aromatic N) is 1. The van der Waals surface area contributed by atoms with Gasteiger partial charge in [0.25, 0.3) is 0 Å². The Morgan fingerprint density at radius 1 is 1.29 bits per heavy atom. The van der Waals surface area contributed by atoms with Crippen molar-refractivity contribution in [1.29, 1.82) is 0 Å². The van der Waals surface area contributed by atoms with Crippen molar-refractivity contribution in [3.63, 3.8) is 0 Å².